The van der Waals surface area contributed by atoms with E-state index in [1.165, 1.54) is 30.5 Å². The molecule has 2 rings (SSSR count). The molecule has 0 saturated heterocycles. The van der Waals surface area contributed by atoms with Gasteiger partial charge in [0.25, 0.3) is 0 Å². The van der Waals surface area contributed by atoms with Crippen molar-refractivity contribution in [2.24, 2.45) is 34.6 Å². The summed E-state index contributed by atoms with van der Waals surface area (Å²) >= 11 is 1.14. The Kier molecular flexibility index (Phi) is 55.4. The van der Waals surface area contributed by atoms with Crippen LogP contribution in [0.4, 0.5) is 0 Å². The number of aliphatic hydroxyl groups is 2. The summed E-state index contributed by atoms with van der Waals surface area (Å²) in [5.74, 6) is -34.4. The first-order valence-electron chi connectivity index (χ1n) is 44.4. The monoisotopic (exact) mass is 2050 g/mol. The molecule has 2 aromatic rings. The molecule has 0 fully saturated rings. The van der Waals surface area contributed by atoms with Gasteiger partial charge in [0.15, 0.2) is 0 Å². The van der Waals surface area contributed by atoms with Crippen molar-refractivity contribution >= 4 is 166 Å². The average molecular weight is 2050 g/mol. The van der Waals surface area contributed by atoms with Crippen LogP contribution < -0.4 is 124 Å². The molecule has 17 unspecified atom stereocenters. The minimum atomic E-state index is -2.34. The lowest BCUT2D eigenvalue weighted by Gasteiger charge is -2.28. The SMILES string of the molecule is CSCCC(NC(=O)C(Cc1c[nH]cn1)NC(=O)C(CCC(N)=O)NC(=O)C(CC(=O)O)NC(=O)C(CCC(N)=O)NC(=O)C(CCC(=O)O)NC(=O)CNC(=O)C(CC(=O)O)NC(=O)C(NC(=O)C(CC(=O)O)NC(=O)C(C)NC(=O)CNC(=O)C(CC(C)C)NC(=O)C(N)CCCCN)C(C)O)C(=O)NC(C(=O)NC(Cc1ccc(O)cc1)C(=O)NCC(=O)NCC(=O)NC(CCC(N)=O)C(=O)O)C(C)O. The van der Waals surface area contributed by atoms with Gasteiger partial charge in [0.2, 0.25) is 124 Å². The number of carboxylic acids is 5. The number of thioether (sulfide) groups is 1. The number of aromatic amines is 1. The number of nitrogens with two attached hydrogens (primary N) is 5. The highest BCUT2D eigenvalue weighted by Gasteiger charge is 2.41. The number of rotatable bonds is 70. The quantitative estimate of drug-likeness (QED) is 0.0274. The standard InChI is InChI=1S/C83H127N25O34S/c1-37(2)25-50(102-70(128)44(85)9-7-8-23-84)71(129)92-34-60(116)95-38(3)69(127)101-55(30-66(125)126)80(138)108-68(40(5)110)82(140)106-53(28-64(121)122)73(131)93-35-62(118)96-45(17-21-63(119)120)74(132)98-46(14-18-56(86)112)76(134)104-54(29-65(123)124)79(137)99-47(15-19-57(87)113)75(133)103-52(27-42-31-89-36-94-42)78(136)100-48(22-24-143-6)77(135)107-67(39(4)109)81(139)105-51(26-41-10-12-43(111)13-11-41)72(130)91-32-59(115)90-33-61(117)97-49(83(141)142)16-20-58(88)114/h10-13,31,36-40,44-55,67-68,109-111H,7-9,14-30,32-35,84-85H2,1-6H3,(H2,86,112)(H2,87,113)(H2,88,114)(H,89,94)(H,90,115)(H,91,130)(H,92,129)(H,93,131)(H,95,116)(H,96,118)(H,97,117)(H,98,132)(H,99,137)(H,100,136)(H,101,127)(H,102,128)(H,103,133)(H,104,134)(H,105,139)(H,106,140)(H,107,135)(H,108,138)(H,119,120)(H,121,122)(H,123,124)(H,125,126)(H,141,142). The summed E-state index contributed by atoms with van der Waals surface area (Å²) in [5, 5.41) is 120. The highest BCUT2D eigenvalue weighted by atomic mass is 32.2. The maximum Gasteiger partial charge on any atom is 0.326 e. The van der Waals surface area contributed by atoms with Crippen molar-refractivity contribution in [3.05, 3.63) is 48.0 Å². The second kappa shape index (κ2) is 64.1. The predicted molar refractivity (Wildman–Crippen MR) is 492 cm³/mol. The van der Waals surface area contributed by atoms with Crippen molar-refractivity contribution < 1.29 is 166 Å². The van der Waals surface area contributed by atoms with Gasteiger partial charge in [-0.15, -0.1) is 0 Å². The molecule has 17 atom stereocenters. The fraction of sp³-hybridized carbons (Fsp3) is 0.578. The molecule has 37 N–H and O–H groups in total. The number of benzene rings is 1. The van der Waals surface area contributed by atoms with Crippen molar-refractivity contribution in [2.45, 2.75) is 253 Å². The zero-order chi connectivity index (χ0) is 108. The second-order valence-corrected chi connectivity index (χ2v) is 34.0. The Bertz CT molecular complexity index is 4800. The van der Waals surface area contributed by atoms with E-state index in [2.05, 4.69) is 73.8 Å². The molecule has 0 bridgehead atoms. The summed E-state index contributed by atoms with van der Waals surface area (Å²) in [6.45, 7) is 3.12. The molecule has 0 saturated carbocycles. The zero-order valence-corrected chi connectivity index (χ0v) is 79.6. The number of phenolic OH excluding ortho intramolecular Hbond substituents is 1. The summed E-state index contributed by atoms with van der Waals surface area (Å²) in [6.07, 6.45) is -9.37. The molecule has 0 spiro atoms. The summed E-state index contributed by atoms with van der Waals surface area (Å²) in [4.78, 5) is 350. The third kappa shape index (κ3) is 49.9. The average Bonchev–Trinajstić information content (AvgIpc) is 1.67. The number of imidazole rings is 1. The van der Waals surface area contributed by atoms with Crippen LogP contribution in [0.1, 0.15) is 149 Å². The topological polar surface area (TPSA) is 981 Å². The first-order valence-corrected chi connectivity index (χ1v) is 45.8. The molecule has 21 amide bonds. The number of primary amides is 3. The van der Waals surface area contributed by atoms with E-state index in [0.717, 1.165) is 38.9 Å². The van der Waals surface area contributed by atoms with Crippen LogP contribution in [0.2, 0.25) is 0 Å². The van der Waals surface area contributed by atoms with E-state index in [9.17, 15) is 166 Å². The number of nitrogens with one attached hydrogen (secondary N) is 19. The van der Waals surface area contributed by atoms with Crippen molar-refractivity contribution in [1.82, 2.24) is 106 Å². The molecule has 0 aliphatic rings. The van der Waals surface area contributed by atoms with E-state index in [1.807, 2.05) is 31.9 Å². The van der Waals surface area contributed by atoms with Crippen LogP contribution in [-0.2, 0) is 137 Å². The van der Waals surface area contributed by atoms with Crippen LogP contribution in [0.5, 0.6) is 5.75 Å². The van der Waals surface area contributed by atoms with Gasteiger partial charge in [-0.2, -0.15) is 11.8 Å². The van der Waals surface area contributed by atoms with Crippen LogP contribution in [-0.4, -0.2) is 352 Å². The van der Waals surface area contributed by atoms with Crippen LogP contribution in [0.3, 0.4) is 0 Å². The molecule has 0 aliphatic carbocycles. The molecule has 0 radical (unpaired) electrons. The Balaban J connectivity index is 2.44. The number of amides is 21. The molecule has 794 valence electrons. The predicted octanol–water partition coefficient (Wildman–Crippen LogP) is -13.6. The molecule has 1 heterocycles. The van der Waals surface area contributed by atoms with E-state index < -0.39 is 360 Å². The first-order chi connectivity index (χ1) is 67.0. The van der Waals surface area contributed by atoms with Gasteiger partial charge in [-0.3, -0.25) is 120 Å². The molecule has 59 nitrogen and oxygen atoms in total. The van der Waals surface area contributed by atoms with Crippen molar-refractivity contribution in [1.29, 1.82) is 0 Å². The summed E-state index contributed by atoms with van der Waals surface area (Å²) in [5.41, 5.74) is 27.7. The number of H-pyrrole nitrogens is 1. The van der Waals surface area contributed by atoms with Gasteiger partial charge in [0.05, 0.1) is 75.7 Å². The van der Waals surface area contributed by atoms with Crippen LogP contribution >= 0.6 is 11.8 Å². The lowest BCUT2D eigenvalue weighted by atomic mass is 10.0. The zero-order valence-electron chi connectivity index (χ0n) is 78.8. The Morgan fingerprint density at radius 1 is 0.371 bits per heavy atom. The summed E-state index contributed by atoms with van der Waals surface area (Å²) < 4.78 is 0. The molecule has 1 aromatic heterocycles. The minimum absolute atomic E-state index is 0.0342. The Morgan fingerprint density at radius 3 is 1.17 bits per heavy atom. The summed E-state index contributed by atoms with van der Waals surface area (Å²) in [7, 11) is 0. The number of carboxylic acid groups (broad SMARTS) is 5. The largest absolute Gasteiger partial charge is 0.508 e. The Labute approximate surface area is 819 Å². The van der Waals surface area contributed by atoms with E-state index in [4.69, 9.17) is 28.7 Å². The van der Waals surface area contributed by atoms with Crippen LogP contribution in [0.25, 0.3) is 0 Å². The molecule has 0 aliphatic heterocycles. The number of hydrogen-bond acceptors (Lipinski definition) is 33. The van der Waals surface area contributed by atoms with Gasteiger partial charge in [-0.1, -0.05) is 32.4 Å². The third-order valence-electron chi connectivity index (χ3n) is 20.4. The van der Waals surface area contributed by atoms with Gasteiger partial charge in [-0.05, 0) is 114 Å². The fourth-order valence-corrected chi connectivity index (χ4v) is 13.3. The number of aliphatic hydroxyl groups excluding tert-OH is 2. The normalized spacial score (nSPS) is 14.5. The maximum absolute atomic E-state index is 14.6. The lowest BCUT2D eigenvalue weighted by molar-refractivity contribution is -0.143. The Hall–Kier alpha value is -15.4. The molecular weight excluding hydrogens is 1920 g/mol. The van der Waals surface area contributed by atoms with Crippen LogP contribution in [0.15, 0.2) is 36.8 Å². The molecule has 143 heavy (non-hydrogen) atoms. The lowest BCUT2D eigenvalue weighted by Crippen LogP contribution is -2.62. The fourth-order valence-electron chi connectivity index (χ4n) is 12.8. The number of aromatic hydroxyl groups is 1. The number of hydrogen-bond donors (Lipinski definition) is 32. The van der Waals surface area contributed by atoms with Gasteiger partial charge in [0.1, 0.15) is 90.3 Å². The Morgan fingerprint density at radius 2 is 0.727 bits per heavy atom. The highest BCUT2D eigenvalue weighted by molar-refractivity contribution is 7.98. The van der Waals surface area contributed by atoms with E-state index in [0.29, 0.717) is 19.4 Å². The number of carbonyl (C=O) groups is 26. The van der Waals surface area contributed by atoms with E-state index in [1.54, 1.807) is 20.1 Å². The highest BCUT2D eigenvalue weighted by Crippen LogP contribution is 2.16. The first kappa shape index (κ1) is 124. The van der Waals surface area contributed by atoms with Crippen molar-refractivity contribution in [2.75, 3.05) is 44.7 Å². The number of carbonyl (C=O) groups excluding carboxylic acids is 21. The van der Waals surface area contributed by atoms with Gasteiger partial charge in [0, 0.05) is 44.7 Å². The number of aliphatic carboxylic acids is 5. The number of phenols is 1. The number of aromatic nitrogens is 2. The van der Waals surface area contributed by atoms with Crippen LogP contribution in [0, 0.1) is 5.92 Å². The second-order valence-electron chi connectivity index (χ2n) is 33.0. The number of unbranched alkanes of at least 4 members (excludes halogenated alkanes) is 1. The van der Waals surface area contributed by atoms with Gasteiger partial charge in [-0.25, -0.2) is 9.78 Å². The minimum Gasteiger partial charge on any atom is -0.508 e. The van der Waals surface area contributed by atoms with E-state index >= 15 is 0 Å². The number of nitrogens with zero attached hydrogens (tertiary/aromatic N) is 1. The van der Waals surface area contributed by atoms with Crippen molar-refractivity contribution in [3.63, 3.8) is 0 Å². The maximum atomic E-state index is 14.6. The third-order valence-corrected chi connectivity index (χ3v) is 21.0. The molecule has 1 aromatic carbocycles. The van der Waals surface area contributed by atoms with Gasteiger partial charge < -0.3 is 170 Å². The van der Waals surface area contributed by atoms with E-state index in [-0.39, 0.29) is 54.4 Å². The van der Waals surface area contributed by atoms with Crippen molar-refractivity contribution in [3.8, 4) is 5.75 Å². The smallest absolute Gasteiger partial charge is 0.326 e. The molecule has 60 heteroatoms. The van der Waals surface area contributed by atoms with Gasteiger partial charge >= 0.3 is 29.8 Å². The molecular formula is C83H127N25O34S. The summed E-state index contributed by atoms with van der Waals surface area (Å²) in [6, 6.07) is -22.6.